The minimum absolute atomic E-state index is 0.0244. The quantitative estimate of drug-likeness (QED) is 0.282. The van der Waals surface area contributed by atoms with E-state index in [0.717, 1.165) is 48.4 Å². The number of fused-ring (bicyclic) bond motifs is 2. The Morgan fingerprint density at radius 2 is 2.09 bits per heavy atom. The number of hydrogen-bond acceptors (Lipinski definition) is 8. The van der Waals surface area contributed by atoms with E-state index in [1.54, 1.807) is 18.0 Å². The third kappa shape index (κ3) is 5.76. The Morgan fingerprint density at radius 3 is 2.86 bits per heavy atom. The molecule has 1 amide bonds. The summed E-state index contributed by atoms with van der Waals surface area (Å²) in [6.07, 6.45) is 5.68. The number of hydrogen-bond donors (Lipinski definition) is 0. The first-order chi connectivity index (χ1) is 20.9. The van der Waals surface area contributed by atoms with Crippen LogP contribution >= 0.6 is 11.8 Å². The predicted molar refractivity (Wildman–Crippen MR) is 162 cm³/mol. The van der Waals surface area contributed by atoms with Gasteiger partial charge in [0, 0.05) is 42.3 Å². The molecule has 0 bridgehead atoms. The van der Waals surface area contributed by atoms with E-state index in [0.29, 0.717) is 17.8 Å². The average molecular weight is 606 g/mol. The number of carbonyl (C=O) groups is 1. The first kappa shape index (κ1) is 29.3. The fourth-order valence-corrected chi connectivity index (χ4v) is 7.35. The van der Waals surface area contributed by atoms with Crippen LogP contribution in [0.3, 0.4) is 0 Å². The van der Waals surface area contributed by atoms with Crippen LogP contribution in [0.1, 0.15) is 24.8 Å². The molecule has 224 valence electrons. The van der Waals surface area contributed by atoms with Gasteiger partial charge in [-0.25, -0.2) is 15.4 Å². The van der Waals surface area contributed by atoms with Crippen LogP contribution in [0.25, 0.3) is 27.0 Å². The molecule has 3 aliphatic heterocycles. The van der Waals surface area contributed by atoms with Gasteiger partial charge in [-0.1, -0.05) is 24.8 Å². The molecule has 1 aromatic carbocycles. The number of nitrogens with zero attached hydrogens (tertiary/aromatic N) is 7. The second-order valence-corrected chi connectivity index (χ2v) is 12.3. The van der Waals surface area contributed by atoms with Gasteiger partial charge in [-0.2, -0.15) is 9.97 Å². The molecule has 43 heavy (non-hydrogen) atoms. The summed E-state index contributed by atoms with van der Waals surface area (Å²) in [6, 6.07) is 5.58. The largest absolute Gasteiger partial charge is 0.462 e. The van der Waals surface area contributed by atoms with Gasteiger partial charge in [0.25, 0.3) is 5.91 Å². The fraction of sp³-hybridized carbons (Fsp3) is 0.452. The minimum Gasteiger partial charge on any atom is -0.462 e. The Morgan fingerprint density at radius 1 is 1.23 bits per heavy atom. The maximum absolute atomic E-state index is 16.5. The van der Waals surface area contributed by atoms with E-state index >= 15 is 4.39 Å². The number of thioether (sulfide) groups is 1. The van der Waals surface area contributed by atoms with Crippen LogP contribution in [0, 0.1) is 12.4 Å². The molecule has 2 saturated heterocycles. The van der Waals surface area contributed by atoms with Gasteiger partial charge in [-0.3, -0.25) is 9.78 Å². The van der Waals surface area contributed by atoms with Gasteiger partial charge in [0.05, 0.1) is 5.39 Å². The van der Waals surface area contributed by atoms with Gasteiger partial charge in [0.15, 0.2) is 11.6 Å². The molecule has 0 unspecified atom stereocenters. The lowest BCUT2D eigenvalue weighted by Gasteiger charge is -2.39. The van der Waals surface area contributed by atoms with E-state index in [1.807, 2.05) is 24.1 Å². The molecular formula is C31H33F2N7O2S. The number of amides is 1. The molecule has 2 aromatic heterocycles. The van der Waals surface area contributed by atoms with Gasteiger partial charge in [-0.05, 0) is 50.6 Å². The third-order valence-corrected chi connectivity index (χ3v) is 9.75. The topological polar surface area (TPSA) is 79.1 Å². The van der Waals surface area contributed by atoms with Crippen molar-refractivity contribution < 1.29 is 18.3 Å². The Hall–Kier alpha value is -3.82. The molecule has 9 nitrogen and oxygen atoms in total. The first-order valence-corrected chi connectivity index (χ1v) is 15.5. The van der Waals surface area contributed by atoms with Crippen LogP contribution in [-0.4, -0.2) is 94.9 Å². The monoisotopic (exact) mass is 605 g/mol. The first-order valence-electron chi connectivity index (χ1n) is 14.5. The average Bonchev–Trinajstić information content (AvgIpc) is 3.44. The number of piperazine rings is 1. The number of aromatic nitrogens is 3. The standard InChI is InChI=1S/C31H33F2N7O2S/c1-19(32)30(41)40-13-12-39(17-22(40)15-34-2)29-24-16-35-26(23-10-4-7-20-8-6-14-43-28(20)23)25(33)27(24)36-31(37-29)42-18-21-9-5-11-38(21)3/h4,7,10,16,21-22H,1,5-6,8-9,11-15,17-18H2,3H3/t21-,22-/m0/s1. The van der Waals surface area contributed by atoms with E-state index in [-0.39, 0.29) is 49.4 Å². The van der Waals surface area contributed by atoms with Crippen molar-refractivity contribution in [2.24, 2.45) is 0 Å². The lowest BCUT2D eigenvalue weighted by molar-refractivity contribution is -0.131. The molecule has 3 aliphatic rings. The van der Waals surface area contributed by atoms with Gasteiger partial charge >= 0.3 is 6.01 Å². The van der Waals surface area contributed by atoms with Crippen LogP contribution in [0.5, 0.6) is 6.01 Å². The van der Waals surface area contributed by atoms with Crippen molar-refractivity contribution in [1.29, 1.82) is 0 Å². The van der Waals surface area contributed by atoms with Crippen LogP contribution in [0.2, 0.25) is 0 Å². The fourth-order valence-electron chi connectivity index (χ4n) is 6.18. The van der Waals surface area contributed by atoms with Crippen molar-refractivity contribution in [3.63, 3.8) is 0 Å². The van der Waals surface area contributed by atoms with Gasteiger partial charge in [-0.15, -0.1) is 11.8 Å². The summed E-state index contributed by atoms with van der Waals surface area (Å²) in [4.78, 5) is 36.3. The zero-order chi connectivity index (χ0) is 30.1. The molecule has 0 N–H and O–H groups in total. The highest BCUT2D eigenvalue weighted by atomic mass is 32.2. The van der Waals surface area contributed by atoms with E-state index in [9.17, 15) is 9.18 Å². The SMILES string of the molecule is [C-]#[N+]C[C@H]1CN(c2nc(OC[C@@H]3CCCN3C)nc3c(F)c(-c4cccc5c4SCCC5)ncc23)CCN1C(=O)C(=C)F. The highest BCUT2D eigenvalue weighted by Gasteiger charge is 2.35. The third-order valence-electron chi connectivity index (χ3n) is 8.49. The molecule has 2 fully saturated rings. The summed E-state index contributed by atoms with van der Waals surface area (Å²) in [5.74, 6) is -1.07. The molecule has 2 atom stereocenters. The van der Waals surface area contributed by atoms with E-state index in [4.69, 9.17) is 16.3 Å². The predicted octanol–water partition coefficient (Wildman–Crippen LogP) is 4.76. The summed E-state index contributed by atoms with van der Waals surface area (Å²) in [6.45, 7) is 12.5. The number of aryl methyl sites for hydroxylation is 1. The van der Waals surface area contributed by atoms with Crippen molar-refractivity contribution in [2.75, 3.05) is 57.0 Å². The summed E-state index contributed by atoms with van der Waals surface area (Å²) < 4.78 is 36.4. The molecule has 3 aromatic rings. The molecule has 12 heteroatoms. The van der Waals surface area contributed by atoms with E-state index in [2.05, 4.69) is 32.4 Å². The highest BCUT2D eigenvalue weighted by molar-refractivity contribution is 7.99. The summed E-state index contributed by atoms with van der Waals surface area (Å²) in [5, 5.41) is 0.403. The smallest absolute Gasteiger partial charge is 0.319 e. The molecular weight excluding hydrogens is 572 g/mol. The highest BCUT2D eigenvalue weighted by Crippen LogP contribution is 2.40. The molecule has 0 aliphatic carbocycles. The Bertz CT molecular complexity index is 1610. The van der Waals surface area contributed by atoms with E-state index in [1.165, 1.54) is 10.5 Å². The van der Waals surface area contributed by atoms with Crippen molar-refractivity contribution >= 4 is 34.4 Å². The van der Waals surface area contributed by atoms with Crippen LogP contribution in [0.4, 0.5) is 14.6 Å². The van der Waals surface area contributed by atoms with Crippen molar-refractivity contribution in [3.8, 4) is 17.3 Å². The molecule has 5 heterocycles. The lowest BCUT2D eigenvalue weighted by atomic mass is 10.0. The van der Waals surface area contributed by atoms with Crippen molar-refractivity contribution in [1.82, 2.24) is 24.8 Å². The zero-order valence-electron chi connectivity index (χ0n) is 24.1. The number of likely N-dealkylation sites (tertiary alicyclic amines) is 1. The zero-order valence-corrected chi connectivity index (χ0v) is 24.9. The van der Waals surface area contributed by atoms with Crippen LogP contribution in [-0.2, 0) is 11.2 Å². The summed E-state index contributed by atoms with van der Waals surface area (Å²) >= 11 is 1.72. The van der Waals surface area contributed by atoms with Gasteiger partial charge in [0.1, 0.15) is 29.7 Å². The van der Waals surface area contributed by atoms with E-state index < -0.39 is 23.6 Å². The van der Waals surface area contributed by atoms with Crippen LogP contribution < -0.4 is 9.64 Å². The molecule has 6 rings (SSSR count). The Labute approximate surface area is 253 Å². The van der Waals surface area contributed by atoms with Crippen LogP contribution in [0.15, 0.2) is 41.7 Å². The molecule has 0 radical (unpaired) electrons. The second-order valence-electron chi connectivity index (χ2n) is 11.2. The number of pyridine rings is 1. The number of likely N-dealkylation sites (N-methyl/N-ethyl adjacent to an activating group) is 1. The maximum Gasteiger partial charge on any atom is 0.319 e. The number of anilines is 1. The number of halogens is 2. The Kier molecular flexibility index (Phi) is 8.45. The van der Waals surface area contributed by atoms with Gasteiger partial charge < -0.3 is 24.3 Å². The van der Waals surface area contributed by atoms with Gasteiger partial charge in [0.2, 0.25) is 6.54 Å². The number of carbonyl (C=O) groups excluding carboxylic acids is 1. The normalized spacial score (nSPS) is 20.6. The summed E-state index contributed by atoms with van der Waals surface area (Å²) in [7, 11) is 2.05. The molecule has 0 saturated carbocycles. The lowest BCUT2D eigenvalue weighted by Crippen LogP contribution is -2.56. The maximum atomic E-state index is 16.5. The molecule has 0 spiro atoms. The minimum atomic E-state index is -1.07. The number of rotatable bonds is 7. The van der Waals surface area contributed by atoms with Crippen molar-refractivity contribution in [2.45, 2.75) is 42.7 Å². The second kappa shape index (κ2) is 12.4. The number of benzene rings is 1. The number of ether oxygens (including phenoxy) is 1. The summed E-state index contributed by atoms with van der Waals surface area (Å²) in [5.41, 5.74) is 2.26. The van der Waals surface area contributed by atoms with Crippen molar-refractivity contribution in [3.05, 3.63) is 59.6 Å². The Balaban J connectivity index is 1.42.